The number of benzene rings is 2. The molecule has 0 aliphatic rings. The largest absolute Gasteiger partial charge is 0.452 e. The molecule has 0 saturated carbocycles. The van der Waals surface area contributed by atoms with Crippen LogP contribution in [0.3, 0.4) is 0 Å². The summed E-state index contributed by atoms with van der Waals surface area (Å²) in [7, 11) is 0. The highest BCUT2D eigenvalue weighted by atomic mass is 16.5. The van der Waals surface area contributed by atoms with Gasteiger partial charge < -0.3 is 14.3 Å². The van der Waals surface area contributed by atoms with E-state index in [0.717, 1.165) is 29.4 Å². The molecule has 4 rings (SSSR count). The lowest BCUT2D eigenvalue weighted by atomic mass is 10.1. The predicted octanol–water partition coefficient (Wildman–Crippen LogP) is 4.15. The number of carbonyl (C=O) groups is 1. The van der Waals surface area contributed by atoms with E-state index in [9.17, 15) is 4.79 Å². The molecule has 0 bridgehead atoms. The van der Waals surface area contributed by atoms with E-state index >= 15 is 0 Å². The van der Waals surface area contributed by atoms with Crippen LogP contribution in [0, 0.1) is 6.92 Å². The quantitative estimate of drug-likeness (QED) is 0.522. The first-order chi connectivity index (χ1) is 13.2. The molecule has 0 atom stereocenters. The van der Waals surface area contributed by atoms with E-state index in [-0.39, 0.29) is 17.6 Å². The highest BCUT2D eigenvalue weighted by Crippen LogP contribution is 2.31. The van der Waals surface area contributed by atoms with Gasteiger partial charge in [0.25, 0.3) is 0 Å². The average Bonchev–Trinajstić information content (AvgIpc) is 3.31. The third-order valence-corrected chi connectivity index (χ3v) is 4.44. The Labute approximate surface area is 156 Å². The molecular formula is C21H19N3O3. The molecule has 1 amide bonds. The molecule has 0 saturated heterocycles. The third-order valence-electron chi connectivity index (χ3n) is 4.44. The van der Waals surface area contributed by atoms with E-state index < -0.39 is 0 Å². The van der Waals surface area contributed by atoms with Gasteiger partial charge in [-0.1, -0.05) is 53.7 Å². The lowest BCUT2D eigenvalue weighted by Gasteiger charge is -2.02. The molecule has 0 aliphatic heterocycles. The number of aromatic nitrogens is 2. The summed E-state index contributed by atoms with van der Waals surface area (Å²) in [5, 5.41) is 7.70. The molecule has 0 unspecified atom stereocenters. The SMILES string of the molecule is Cc1c(-c2noc(C(=O)NCCCc3ccccc3)n2)oc2ccccc12. The summed E-state index contributed by atoms with van der Waals surface area (Å²) in [6, 6.07) is 17.8. The van der Waals surface area contributed by atoms with Gasteiger partial charge in [0.2, 0.25) is 5.82 Å². The van der Waals surface area contributed by atoms with Crippen LogP contribution in [-0.2, 0) is 6.42 Å². The summed E-state index contributed by atoms with van der Waals surface area (Å²) < 4.78 is 10.9. The fourth-order valence-corrected chi connectivity index (χ4v) is 3.01. The number of carbonyl (C=O) groups excluding carboxylic acids is 1. The van der Waals surface area contributed by atoms with Crippen LogP contribution in [0.15, 0.2) is 63.5 Å². The molecule has 2 aromatic carbocycles. The molecule has 2 aromatic heterocycles. The topological polar surface area (TPSA) is 81.2 Å². The monoisotopic (exact) mass is 361 g/mol. The normalized spacial score (nSPS) is 11.0. The van der Waals surface area contributed by atoms with E-state index in [4.69, 9.17) is 8.94 Å². The van der Waals surface area contributed by atoms with Crippen molar-refractivity contribution < 1.29 is 13.7 Å². The van der Waals surface area contributed by atoms with Crippen LogP contribution in [0.5, 0.6) is 0 Å². The van der Waals surface area contributed by atoms with Crippen molar-refractivity contribution in [3.8, 4) is 11.6 Å². The van der Waals surface area contributed by atoms with E-state index in [0.29, 0.717) is 12.3 Å². The number of aryl methyl sites for hydroxylation is 2. The van der Waals surface area contributed by atoms with E-state index in [1.807, 2.05) is 49.4 Å². The summed E-state index contributed by atoms with van der Waals surface area (Å²) in [5.74, 6) is 0.348. The standard InChI is InChI=1S/C21H19N3O3/c1-14-16-11-5-6-12-17(16)26-18(14)19-23-21(27-24-19)20(25)22-13-7-10-15-8-3-2-4-9-15/h2-6,8-9,11-12H,7,10,13H2,1H3,(H,22,25). The van der Waals surface area contributed by atoms with Gasteiger partial charge in [0.15, 0.2) is 5.76 Å². The Kier molecular flexibility index (Phi) is 4.70. The van der Waals surface area contributed by atoms with Crippen molar-refractivity contribution in [3.63, 3.8) is 0 Å². The van der Waals surface area contributed by atoms with Crippen LogP contribution >= 0.6 is 0 Å². The Hall–Kier alpha value is -3.41. The molecule has 6 nitrogen and oxygen atoms in total. The molecule has 0 aliphatic carbocycles. The minimum atomic E-state index is -0.379. The minimum Gasteiger partial charge on any atom is -0.452 e. The molecule has 4 aromatic rings. The highest BCUT2D eigenvalue weighted by molar-refractivity contribution is 5.90. The van der Waals surface area contributed by atoms with E-state index in [2.05, 4.69) is 27.6 Å². The van der Waals surface area contributed by atoms with Gasteiger partial charge in [-0.2, -0.15) is 4.98 Å². The molecule has 0 spiro atoms. The number of para-hydroxylation sites is 1. The number of nitrogens with zero attached hydrogens (tertiary/aromatic N) is 2. The average molecular weight is 361 g/mol. The van der Waals surface area contributed by atoms with Crippen LogP contribution in [-0.4, -0.2) is 22.6 Å². The van der Waals surface area contributed by atoms with Gasteiger partial charge in [0.05, 0.1) is 0 Å². The number of nitrogens with one attached hydrogen (secondary N) is 1. The number of hydrogen-bond acceptors (Lipinski definition) is 5. The van der Waals surface area contributed by atoms with Crippen molar-refractivity contribution in [2.24, 2.45) is 0 Å². The fraction of sp³-hybridized carbons (Fsp3) is 0.190. The maximum absolute atomic E-state index is 12.2. The van der Waals surface area contributed by atoms with Crippen molar-refractivity contribution in [3.05, 3.63) is 71.6 Å². The first-order valence-electron chi connectivity index (χ1n) is 8.87. The second-order valence-corrected chi connectivity index (χ2v) is 6.32. The second kappa shape index (κ2) is 7.45. The van der Waals surface area contributed by atoms with E-state index in [1.165, 1.54) is 5.56 Å². The summed E-state index contributed by atoms with van der Waals surface area (Å²) in [6.07, 6.45) is 1.73. The van der Waals surface area contributed by atoms with Crippen LogP contribution < -0.4 is 5.32 Å². The van der Waals surface area contributed by atoms with Crippen molar-refractivity contribution in [1.82, 2.24) is 15.5 Å². The Morgan fingerprint density at radius 1 is 1.07 bits per heavy atom. The van der Waals surface area contributed by atoms with Crippen LogP contribution in [0.2, 0.25) is 0 Å². The zero-order valence-corrected chi connectivity index (χ0v) is 14.9. The van der Waals surface area contributed by atoms with Crippen molar-refractivity contribution in [2.45, 2.75) is 19.8 Å². The molecule has 6 heteroatoms. The Morgan fingerprint density at radius 3 is 2.67 bits per heavy atom. The highest BCUT2D eigenvalue weighted by Gasteiger charge is 2.20. The molecule has 136 valence electrons. The molecule has 0 radical (unpaired) electrons. The number of furan rings is 1. The molecule has 27 heavy (non-hydrogen) atoms. The Bertz CT molecular complexity index is 1070. The van der Waals surface area contributed by atoms with Crippen LogP contribution in [0.4, 0.5) is 0 Å². The lowest BCUT2D eigenvalue weighted by Crippen LogP contribution is -2.25. The Balaban J connectivity index is 1.39. The second-order valence-electron chi connectivity index (χ2n) is 6.32. The van der Waals surface area contributed by atoms with Gasteiger partial charge in [-0.15, -0.1) is 0 Å². The Morgan fingerprint density at radius 2 is 1.85 bits per heavy atom. The first kappa shape index (κ1) is 17.0. The molecular weight excluding hydrogens is 342 g/mol. The number of fused-ring (bicyclic) bond motifs is 1. The molecule has 0 fully saturated rings. The van der Waals surface area contributed by atoms with Gasteiger partial charge in [0, 0.05) is 17.5 Å². The summed E-state index contributed by atoms with van der Waals surface area (Å²) in [6.45, 7) is 2.47. The van der Waals surface area contributed by atoms with Gasteiger partial charge >= 0.3 is 11.8 Å². The van der Waals surface area contributed by atoms with Gasteiger partial charge in [0.1, 0.15) is 5.58 Å². The zero-order valence-electron chi connectivity index (χ0n) is 14.9. The number of rotatable bonds is 6. The lowest BCUT2D eigenvalue weighted by molar-refractivity contribution is 0.0909. The summed E-state index contributed by atoms with van der Waals surface area (Å²) in [5.41, 5.74) is 2.91. The molecule has 2 heterocycles. The summed E-state index contributed by atoms with van der Waals surface area (Å²) >= 11 is 0. The van der Waals surface area contributed by atoms with Crippen molar-refractivity contribution in [1.29, 1.82) is 0 Å². The van der Waals surface area contributed by atoms with Crippen molar-refractivity contribution in [2.75, 3.05) is 6.54 Å². The molecule has 1 N–H and O–H groups in total. The van der Waals surface area contributed by atoms with Crippen LogP contribution in [0.25, 0.3) is 22.6 Å². The minimum absolute atomic E-state index is 0.0652. The maximum Gasteiger partial charge on any atom is 0.316 e. The smallest absolute Gasteiger partial charge is 0.316 e. The van der Waals surface area contributed by atoms with Crippen LogP contribution in [0.1, 0.15) is 28.2 Å². The van der Waals surface area contributed by atoms with Crippen molar-refractivity contribution >= 4 is 16.9 Å². The third kappa shape index (κ3) is 3.60. The number of hydrogen-bond donors (Lipinski definition) is 1. The predicted molar refractivity (Wildman–Crippen MR) is 101 cm³/mol. The zero-order chi connectivity index (χ0) is 18.6. The van der Waals surface area contributed by atoms with Gasteiger partial charge in [-0.25, -0.2) is 0 Å². The maximum atomic E-state index is 12.2. The van der Waals surface area contributed by atoms with E-state index in [1.54, 1.807) is 0 Å². The van der Waals surface area contributed by atoms with Gasteiger partial charge in [-0.05, 0) is 31.4 Å². The van der Waals surface area contributed by atoms with Gasteiger partial charge in [-0.3, -0.25) is 4.79 Å². The number of amides is 1. The fourth-order valence-electron chi connectivity index (χ4n) is 3.01. The summed E-state index contributed by atoms with van der Waals surface area (Å²) in [4.78, 5) is 16.4. The first-order valence-corrected chi connectivity index (χ1v) is 8.87.